The van der Waals surface area contributed by atoms with E-state index >= 15 is 0 Å². The molecule has 1 N–H and O–H groups in total. The highest BCUT2D eigenvalue weighted by molar-refractivity contribution is 7.99. The lowest BCUT2D eigenvalue weighted by Gasteiger charge is -2.16. The summed E-state index contributed by atoms with van der Waals surface area (Å²) in [6, 6.07) is 18.1. The average molecular weight is 452 g/mol. The van der Waals surface area contributed by atoms with Gasteiger partial charge in [-0.2, -0.15) is 0 Å². The molecule has 2 aromatic carbocycles. The van der Waals surface area contributed by atoms with Crippen molar-refractivity contribution in [1.82, 2.24) is 14.9 Å². The van der Waals surface area contributed by atoms with Crippen LogP contribution in [0, 0.1) is 0 Å². The standard InChI is InChI=1S/C25H29N3O3S/c1-30-23-12-6-5-10-20(23)13-14-26-24(29)18-32-25-27-16-22(19-8-3-2-4-9-19)28(25)17-21-11-7-15-31-21/h2-6,8-10,12,16,21H,7,11,13-15,17-18H2,1H3,(H,26,29). The molecule has 1 atom stereocenters. The quantitative estimate of drug-likeness (QED) is 0.468. The van der Waals surface area contributed by atoms with Crippen molar-refractivity contribution in [2.75, 3.05) is 26.0 Å². The van der Waals surface area contributed by atoms with Gasteiger partial charge in [0.05, 0.1) is 37.4 Å². The average Bonchev–Trinajstić information content (AvgIpc) is 3.49. The second-order valence-electron chi connectivity index (χ2n) is 7.74. The predicted octanol–water partition coefficient (Wildman–Crippen LogP) is 4.19. The Hall–Kier alpha value is -2.77. The Balaban J connectivity index is 1.36. The van der Waals surface area contributed by atoms with Crippen molar-refractivity contribution in [3.8, 4) is 17.0 Å². The van der Waals surface area contributed by atoms with Crippen molar-refractivity contribution < 1.29 is 14.3 Å². The van der Waals surface area contributed by atoms with Crippen LogP contribution in [0.5, 0.6) is 5.75 Å². The summed E-state index contributed by atoms with van der Waals surface area (Å²) >= 11 is 1.47. The van der Waals surface area contributed by atoms with Crippen molar-refractivity contribution in [3.05, 3.63) is 66.4 Å². The van der Waals surface area contributed by atoms with Crippen LogP contribution < -0.4 is 10.1 Å². The van der Waals surface area contributed by atoms with Crippen LogP contribution in [0.3, 0.4) is 0 Å². The highest BCUT2D eigenvalue weighted by Crippen LogP contribution is 2.28. The van der Waals surface area contributed by atoms with Crippen molar-refractivity contribution in [2.45, 2.75) is 37.1 Å². The molecule has 0 radical (unpaired) electrons. The van der Waals surface area contributed by atoms with Gasteiger partial charge >= 0.3 is 0 Å². The van der Waals surface area contributed by atoms with Crippen molar-refractivity contribution in [3.63, 3.8) is 0 Å². The van der Waals surface area contributed by atoms with E-state index in [-0.39, 0.29) is 12.0 Å². The van der Waals surface area contributed by atoms with Gasteiger partial charge in [-0.25, -0.2) is 4.98 Å². The molecule has 1 unspecified atom stereocenters. The lowest BCUT2D eigenvalue weighted by Crippen LogP contribution is -2.27. The number of hydrogen-bond donors (Lipinski definition) is 1. The summed E-state index contributed by atoms with van der Waals surface area (Å²) in [5, 5.41) is 3.85. The fraction of sp³-hybridized carbons (Fsp3) is 0.360. The number of methoxy groups -OCH3 is 1. The lowest BCUT2D eigenvalue weighted by molar-refractivity contribution is -0.118. The van der Waals surface area contributed by atoms with Gasteiger partial charge in [0, 0.05) is 13.2 Å². The summed E-state index contributed by atoms with van der Waals surface area (Å²) < 4.78 is 13.4. The zero-order valence-corrected chi connectivity index (χ0v) is 19.1. The van der Waals surface area contributed by atoms with Crippen LogP contribution >= 0.6 is 11.8 Å². The summed E-state index contributed by atoms with van der Waals surface area (Å²) in [5.41, 5.74) is 3.26. The van der Waals surface area contributed by atoms with Crippen LogP contribution in [0.25, 0.3) is 11.3 Å². The normalized spacial score (nSPS) is 15.6. The number of hydrogen-bond acceptors (Lipinski definition) is 5. The molecule has 0 spiro atoms. The number of benzene rings is 2. The molecule has 32 heavy (non-hydrogen) atoms. The first-order valence-corrected chi connectivity index (χ1v) is 12.0. The number of imidazole rings is 1. The van der Waals surface area contributed by atoms with Crippen LogP contribution in [0.2, 0.25) is 0 Å². The molecule has 0 aliphatic carbocycles. The van der Waals surface area contributed by atoms with Gasteiger partial charge < -0.3 is 19.4 Å². The molecule has 168 valence electrons. The molecule has 0 saturated carbocycles. The van der Waals surface area contributed by atoms with Crippen LogP contribution in [0.1, 0.15) is 18.4 Å². The molecule has 1 saturated heterocycles. The Kier molecular flexibility index (Phi) is 7.85. The smallest absolute Gasteiger partial charge is 0.230 e. The summed E-state index contributed by atoms with van der Waals surface area (Å²) in [6.45, 7) is 2.14. The Morgan fingerprint density at radius 1 is 1.22 bits per heavy atom. The van der Waals surface area contributed by atoms with Gasteiger partial charge in [0.15, 0.2) is 5.16 Å². The van der Waals surface area contributed by atoms with E-state index in [1.165, 1.54) is 11.8 Å². The molecule has 1 aromatic heterocycles. The van der Waals surface area contributed by atoms with E-state index in [1.54, 1.807) is 7.11 Å². The van der Waals surface area contributed by atoms with E-state index in [9.17, 15) is 4.79 Å². The fourth-order valence-electron chi connectivity index (χ4n) is 3.91. The maximum Gasteiger partial charge on any atom is 0.230 e. The molecule has 1 amide bonds. The third-order valence-electron chi connectivity index (χ3n) is 5.54. The molecule has 7 heteroatoms. The first-order chi connectivity index (χ1) is 15.7. The van der Waals surface area contributed by atoms with Gasteiger partial charge in [-0.05, 0) is 36.5 Å². The number of nitrogens with zero attached hydrogens (tertiary/aromatic N) is 2. The summed E-state index contributed by atoms with van der Waals surface area (Å²) in [4.78, 5) is 17.1. The first kappa shape index (κ1) is 22.4. The van der Waals surface area contributed by atoms with E-state index < -0.39 is 0 Å². The zero-order chi connectivity index (χ0) is 22.2. The van der Waals surface area contributed by atoms with Crippen LogP contribution in [-0.4, -0.2) is 47.6 Å². The molecule has 6 nitrogen and oxygen atoms in total. The number of carbonyl (C=O) groups excluding carboxylic acids is 1. The third kappa shape index (κ3) is 5.72. The summed E-state index contributed by atoms with van der Waals surface area (Å²) in [5.74, 6) is 1.17. The zero-order valence-electron chi connectivity index (χ0n) is 18.3. The molecule has 0 bridgehead atoms. The molecule has 1 aliphatic rings. The van der Waals surface area contributed by atoms with Crippen molar-refractivity contribution in [2.24, 2.45) is 0 Å². The monoisotopic (exact) mass is 451 g/mol. The van der Waals surface area contributed by atoms with Gasteiger partial charge in [0.25, 0.3) is 0 Å². The highest BCUT2D eigenvalue weighted by atomic mass is 32.2. The maximum absolute atomic E-state index is 12.5. The largest absolute Gasteiger partial charge is 0.496 e. The van der Waals surface area contributed by atoms with Crippen LogP contribution in [-0.2, 0) is 22.5 Å². The predicted molar refractivity (Wildman–Crippen MR) is 127 cm³/mol. The SMILES string of the molecule is COc1ccccc1CCNC(=O)CSc1ncc(-c2ccccc2)n1CC1CCCO1. The molecule has 3 aromatic rings. The third-order valence-corrected chi connectivity index (χ3v) is 6.53. The molecule has 4 rings (SSSR count). The van der Waals surface area contributed by atoms with Gasteiger partial charge in [-0.3, -0.25) is 4.79 Å². The second kappa shape index (κ2) is 11.2. The minimum atomic E-state index is -0.00201. The number of amides is 1. The minimum Gasteiger partial charge on any atom is -0.496 e. The molecular weight excluding hydrogens is 422 g/mol. The Morgan fingerprint density at radius 2 is 2.03 bits per heavy atom. The number of rotatable bonds is 10. The number of thioether (sulfide) groups is 1. The number of aromatic nitrogens is 2. The van der Waals surface area contributed by atoms with Crippen LogP contribution in [0.4, 0.5) is 0 Å². The van der Waals surface area contributed by atoms with Gasteiger partial charge in [0.2, 0.25) is 5.91 Å². The number of para-hydroxylation sites is 1. The number of carbonyl (C=O) groups is 1. The Bertz CT molecular complexity index is 1020. The van der Waals surface area contributed by atoms with Crippen molar-refractivity contribution in [1.29, 1.82) is 0 Å². The topological polar surface area (TPSA) is 65.4 Å². The van der Waals surface area contributed by atoms with Gasteiger partial charge in [-0.15, -0.1) is 0 Å². The van der Waals surface area contributed by atoms with Crippen molar-refractivity contribution >= 4 is 17.7 Å². The Morgan fingerprint density at radius 3 is 2.81 bits per heavy atom. The maximum atomic E-state index is 12.5. The first-order valence-electron chi connectivity index (χ1n) is 11.0. The van der Waals surface area contributed by atoms with E-state index in [0.29, 0.717) is 12.3 Å². The van der Waals surface area contributed by atoms with Crippen LogP contribution in [0.15, 0.2) is 66.0 Å². The van der Waals surface area contributed by atoms with E-state index in [2.05, 4.69) is 27.0 Å². The Labute approximate surface area is 193 Å². The molecule has 2 heterocycles. The number of ether oxygens (including phenoxy) is 2. The second-order valence-corrected chi connectivity index (χ2v) is 8.68. The summed E-state index contributed by atoms with van der Waals surface area (Å²) in [6.07, 6.45) is 4.97. The van der Waals surface area contributed by atoms with E-state index in [1.807, 2.05) is 48.7 Å². The fourth-order valence-corrected chi connectivity index (χ4v) is 4.73. The molecule has 1 aliphatic heterocycles. The van der Waals surface area contributed by atoms with E-state index in [4.69, 9.17) is 9.47 Å². The van der Waals surface area contributed by atoms with E-state index in [0.717, 1.165) is 60.1 Å². The molecular formula is C25H29N3O3S. The number of nitrogens with one attached hydrogen (secondary N) is 1. The summed E-state index contributed by atoms with van der Waals surface area (Å²) in [7, 11) is 1.66. The highest BCUT2D eigenvalue weighted by Gasteiger charge is 2.21. The lowest BCUT2D eigenvalue weighted by atomic mass is 10.1. The molecule has 1 fully saturated rings. The van der Waals surface area contributed by atoms with Gasteiger partial charge in [-0.1, -0.05) is 60.3 Å². The van der Waals surface area contributed by atoms with Gasteiger partial charge in [0.1, 0.15) is 5.75 Å². The minimum absolute atomic E-state index is 0.00201.